The first kappa shape index (κ1) is 18.3. The highest BCUT2D eigenvalue weighted by molar-refractivity contribution is 7.89. The molecule has 120 valence electrons. The zero-order chi connectivity index (χ0) is 15.9. The van der Waals surface area contributed by atoms with Crippen molar-refractivity contribution in [3.05, 3.63) is 29.8 Å². The first-order valence-corrected chi connectivity index (χ1v) is 10.1. The molecule has 0 spiro atoms. The standard InChI is InChI=1S/C14H24N2O3S2/c1-4-15-12(3)13-6-8-14(9-7-13)21(18,19)16-10-11-20(17)5-2/h6-9,12,15-16H,4-5,10-11H2,1-3H3. The van der Waals surface area contributed by atoms with Crippen LogP contribution in [0.25, 0.3) is 0 Å². The van der Waals surface area contributed by atoms with Crippen molar-refractivity contribution in [2.45, 2.75) is 31.7 Å². The highest BCUT2D eigenvalue weighted by atomic mass is 32.2. The zero-order valence-electron chi connectivity index (χ0n) is 12.8. The fraction of sp³-hybridized carbons (Fsp3) is 0.571. The van der Waals surface area contributed by atoms with Gasteiger partial charge in [-0.1, -0.05) is 26.0 Å². The van der Waals surface area contributed by atoms with Crippen molar-refractivity contribution in [1.82, 2.24) is 10.0 Å². The molecule has 1 aromatic rings. The van der Waals surface area contributed by atoms with Crippen LogP contribution in [0.5, 0.6) is 0 Å². The van der Waals surface area contributed by atoms with Gasteiger partial charge in [0.05, 0.1) is 4.90 Å². The molecule has 0 radical (unpaired) electrons. The van der Waals surface area contributed by atoms with Crippen molar-refractivity contribution in [3.8, 4) is 0 Å². The maximum atomic E-state index is 12.1. The van der Waals surface area contributed by atoms with Gasteiger partial charge in [0.15, 0.2) is 0 Å². The van der Waals surface area contributed by atoms with Crippen molar-refractivity contribution in [2.24, 2.45) is 0 Å². The lowest BCUT2D eigenvalue weighted by Gasteiger charge is -2.13. The monoisotopic (exact) mass is 332 g/mol. The summed E-state index contributed by atoms with van der Waals surface area (Å²) in [6, 6.07) is 7.01. The minimum atomic E-state index is -3.52. The molecule has 5 nitrogen and oxygen atoms in total. The van der Waals surface area contributed by atoms with Gasteiger partial charge in [-0.2, -0.15) is 0 Å². The minimum Gasteiger partial charge on any atom is -0.310 e. The van der Waals surface area contributed by atoms with E-state index in [0.717, 1.165) is 12.1 Å². The Bertz CT molecular complexity index is 556. The average molecular weight is 332 g/mol. The Balaban J connectivity index is 2.69. The minimum absolute atomic E-state index is 0.187. The van der Waals surface area contributed by atoms with E-state index in [1.165, 1.54) is 0 Å². The predicted molar refractivity (Wildman–Crippen MR) is 87.3 cm³/mol. The van der Waals surface area contributed by atoms with Gasteiger partial charge in [0, 0.05) is 34.9 Å². The molecule has 0 saturated heterocycles. The third-order valence-electron chi connectivity index (χ3n) is 3.14. The summed E-state index contributed by atoms with van der Waals surface area (Å²) >= 11 is 0. The van der Waals surface area contributed by atoms with Crippen LogP contribution in [0.15, 0.2) is 29.2 Å². The summed E-state index contributed by atoms with van der Waals surface area (Å²) in [6.45, 7) is 6.93. The fourth-order valence-corrected chi connectivity index (χ4v) is 3.66. The van der Waals surface area contributed by atoms with Crippen LogP contribution in [0, 0.1) is 0 Å². The smallest absolute Gasteiger partial charge is 0.240 e. The summed E-state index contributed by atoms with van der Waals surface area (Å²) in [5.41, 5.74) is 1.04. The van der Waals surface area contributed by atoms with E-state index in [1.807, 2.05) is 32.9 Å². The summed E-state index contributed by atoms with van der Waals surface area (Å²) < 4.78 is 37.9. The first-order chi connectivity index (χ1) is 9.90. The summed E-state index contributed by atoms with van der Waals surface area (Å²) in [7, 11) is -4.49. The maximum Gasteiger partial charge on any atom is 0.240 e. The molecule has 0 amide bonds. The van der Waals surface area contributed by atoms with E-state index >= 15 is 0 Å². The second-order valence-corrected chi connectivity index (χ2v) is 8.31. The Morgan fingerprint density at radius 2 is 1.81 bits per heavy atom. The number of hydrogen-bond acceptors (Lipinski definition) is 4. The van der Waals surface area contributed by atoms with E-state index in [4.69, 9.17) is 0 Å². The molecule has 21 heavy (non-hydrogen) atoms. The molecule has 1 rings (SSSR count). The summed E-state index contributed by atoms with van der Waals surface area (Å²) in [5.74, 6) is 0.879. The molecule has 1 aromatic carbocycles. The lowest BCUT2D eigenvalue weighted by molar-refractivity contribution is 0.582. The topological polar surface area (TPSA) is 75.3 Å². The first-order valence-electron chi connectivity index (χ1n) is 7.08. The second-order valence-electron chi connectivity index (χ2n) is 4.68. The van der Waals surface area contributed by atoms with Gasteiger partial charge < -0.3 is 5.32 Å². The van der Waals surface area contributed by atoms with Gasteiger partial charge in [-0.3, -0.25) is 4.21 Å². The van der Waals surface area contributed by atoms with Gasteiger partial charge >= 0.3 is 0 Å². The van der Waals surface area contributed by atoms with E-state index in [2.05, 4.69) is 10.0 Å². The zero-order valence-corrected chi connectivity index (χ0v) is 14.4. The van der Waals surface area contributed by atoms with Gasteiger partial charge in [0.1, 0.15) is 0 Å². The van der Waals surface area contributed by atoms with Crippen molar-refractivity contribution < 1.29 is 12.6 Å². The third kappa shape index (κ3) is 5.86. The van der Waals surface area contributed by atoms with Crippen molar-refractivity contribution in [3.63, 3.8) is 0 Å². The molecule has 0 aliphatic heterocycles. The molecule has 2 unspecified atom stereocenters. The molecule has 0 saturated carbocycles. The summed E-state index contributed by atoms with van der Waals surface area (Å²) in [5, 5.41) is 3.27. The number of rotatable bonds is 9. The van der Waals surface area contributed by atoms with E-state index < -0.39 is 20.8 Å². The van der Waals surface area contributed by atoms with Gasteiger partial charge in [-0.05, 0) is 31.2 Å². The lowest BCUT2D eigenvalue weighted by atomic mass is 10.1. The molecule has 0 aromatic heterocycles. The van der Waals surface area contributed by atoms with Crippen LogP contribution in [0.2, 0.25) is 0 Å². The highest BCUT2D eigenvalue weighted by Crippen LogP contribution is 2.15. The largest absolute Gasteiger partial charge is 0.310 e. The molecule has 7 heteroatoms. The number of nitrogens with one attached hydrogen (secondary N) is 2. The molecular weight excluding hydrogens is 308 g/mol. The quantitative estimate of drug-likeness (QED) is 0.717. The van der Waals surface area contributed by atoms with Crippen molar-refractivity contribution in [2.75, 3.05) is 24.6 Å². The molecule has 2 atom stereocenters. The van der Waals surface area contributed by atoms with E-state index in [9.17, 15) is 12.6 Å². The Labute approximate surface area is 130 Å². The highest BCUT2D eigenvalue weighted by Gasteiger charge is 2.14. The normalized spacial score (nSPS) is 14.8. The van der Waals surface area contributed by atoms with Crippen LogP contribution in [0.4, 0.5) is 0 Å². The molecular formula is C14H24N2O3S2. The van der Waals surface area contributed by atoms with E-state index in [-0.39, 0.29) is 17.5 Å². The molecule has 0 fully saturated rings. The van der Waals surface area contributed by atoms with E-state index in [0.29, 0.717) is 11.5 Å². The van der Waals surface area contributed by atoms with Gasteiger partial charge in [0.2, 0.25) is 10.0 Å². The third-order valence-corrected chi connectivity index (χ3v) is 5.92. The van der Waals surface area contributed by atoms with Crippen molar-refractivity contribution >= 4 is 20.8 Å². The molecule has 0 aliphatic rings. The van der Waals surface area contributed by atoms with E-state index in [1.54, 1.807) is 12.1 Å². The Morgan fingerprint density at radius 3 is 2.33 bits per heavy atom. The SMILES string of the molecule is CCNC(C)c1ccc(S(=O)(=O)NCCS(=O)CC)cc1. The van der Waals surface area contributed by atoms with Crippen molar-refractivity contribution in [1.29, 1.82) is 0 Å². The van der Waals surface area contributed by atoms with Crippen LogP contribution in [0.1, 0.15) is 32.4 Å². The lowest BCUT2D eigenvalue weighted by Crippen LogP contribution is -2.28. The number of sulfonamides is 1. The Hall–Kier alpha value is -0.760. The molecule has 0 aliphatic carbocycles. The van der Waals surface area contributed by atoms with Crippen LogP contribution >= 0.6 is 0 Å². The van der Waals surface area contributed by atoms with Gasteiger partial charge in [-0.25, -0.2) is 13.1 Å². The second kappa shape index (κ2) is 8.63. The van der Waals surface area contributed by atoms with Gasteiger partial charge in [-0.15, -0.1) is 0 Å². The Morgan fingerprint density at radius 1 is 1.19 bits per heavy atom. The van der Waals surface area contributed by atoms with Crippen LogP contribution < -0.4 is 10.0 Å². The molecule has 0 heterocycles. The maximum absolute atomic E-state index is 12.1. The summed E-state index contributed by atoms with van der Waals surface area (Å²) in [6.07, 6.45) is 0. The van der Waals surface area contributed by atoms with Crippen LogP contribution in [-0.4, -0.2) is 37.2 Å². The Kier molecular flexibility index (Phi) is 7.51. The number of hydrogen-bond donors (Lipinski definition) is 2. The summed E-state index contributed by atoms with van der Waals surface area (Å²) in [4.78, 5) is 0.234. The molecule has 2 N–H and O–H groups in total. The van der Waals surface area contributed by atoms with Gasteiger partial charge in [0.25, 0.3) is 0 Å². The predicted octanol–water partition coefficient (Wildman–Crippen LogP) is 1.40. The van der Waals surface area contributed by atoms with Crippen LogP contribution in [-0.2, 0) is 20.8 Å². The fourth-order valence-electron chi connectivity index (χ4n) is 1.88. The molecule has 0 bridgehead atoms. The van der Waals surface area contributed by atoms with Crippen LogP contribution in [0.3, 0.4) is 0 Å². The average Bonchev–Trinajstić information content (AvgIpc) is 2.47. The number of benzene rings is 1.